The van der Waals surface area contributed by atoms with Gasteiger partial charge in [0.1, 0.15) is 6.04 Å². The minimum absolute atomic E-state index is 0.148. The molecule has 0 aliphatic carbocycles. The molecule has 4 N–H and O–H groups in total. The Kier molecular flexibility index (Phi) is 7.35. The van der Waals surface area contributed by atoms with Gasteiger partial charge >= 0.3 is 0 Å². The van der Waals surface area contributed by atoms with Gasteiger partial charge in [0.05, 0.1) is 6.61 Å². The first-order chi connectivity index (χ1) is 9.93. The number of nitrogens with one attached hydrogen (secondary N) is 2. The zero-order valence-electron chi connectivity index (χ0n) is 12.1. The predicted molar refractivity (Wildman–Crippen MR) is 85.0 cm³/mol. The minimum Gasteiger partial charge on any atom is -0.383 e. The number of benzene rings is 1. The summed E-state index contributed by atoms with van der Waals surface area (Å²) >= 11 is 3.35. The van der Waals surface area contributed by atoms with E-state index in [0.717, 1.165) is 15.7 Å². The molecule has 1 unspecified atom stereocenters. The largest absolute Gasteiger partial charge is 0.383 e. The number of anilines is 1. The normalized spacial score (nSPS) is 11.8. The van der Waals surface area contributed by atoms with Crippen molar-refractivity contribution in [3.63, 3.8) is 0 Å². The van der Waals surface area contributed by atoms with Gasteiger partial charge in [-0.3, -0.25) is 9.59 Å². The number of hydrogen-bond donors (Lipinski definition) is 3. The first kappa shape index (κ1) is 17.6. The van der Waals surface area contributed by atoms with Crippen LogP contribution in [0.15, 0.2) is 22.7 Å². The lowest BCUT2D eigenvalue weighted by atomic mass is 10.2. The second-order valence-electron chi connectivity index (χ2n) is 4.61. The van der Waals surface area contributed by atoms with E-state index >= 15 is 0 Å². The van der Waals surface area contributed by atoms with Gasteiger partial charge < -0.3 is 21.1 Å². The Labute approximate surface area is 132 Å². The van der Waals surface area contributed by atoms with Crippen molar-refractivity contribution in [1.29, 1.82) is 0 Å². The Bertz CT molecular complexity index is 508. The maximum Gasteiger partial charge on any atom is 0.239 e. The number of halogens is 1. The molecule has 0 aliphatic heterocycles. The van der Waals surface area contributed by atoms with Crippen LogP contribution in [0.25, 0.3) is 0 Å². The van der Waals surface area contributed by atoms with E-state index in [4.69, 9.17) is 10.5 Å². The number of hydrogen-bond acceptors (Lipinski definition) is 4. The zero-order chi connectivity index (χ0) is 15.8. The van der Waals surface area contributed by atoms with Crippen molar-refractivity contribution in [2.45, 2.75) is 19.4 Å². The number of methoxy groups -OCH3 is 1. The summed E-state index contributed by atoms with van der Waals surface area (Å²) in [5, 5.41) is 5.40. The Morgan fingerprint density at radius 1 is 1.43 bits per heavy atom. The molecule has 0 spiro atoms. The van der Waals surface area contributed by atoms with E-state index in [-0.39, 0.29) is 31.4 Å². The van der Waals surface area contributed by atoms with Crippen molar-refractivity contribution in [3.8, 4) is 0 Å². The highest BCUT2D eigenvalue weighted by Crippen LogP contribution is 2.20. The monoisotopic (exact) mass is 357 g/mol. The Morgan fingerprint density at radius 3 is 2.81 bits per heavy atom. The van der Waals surface area contributed by atoms with E-state index in [1.807, 2.05) is 25.1 Å². The van der Waals surface area contributed by atoms with Gasteiger partial charge in [0.25, 0.3) is 0 Å². The number of amides is 2. The number of rotatable bonds is 7. The zero-order valence-corrected chi connectivity index (χ0v) is 13.7. The summed E-state index contributed by atoms with van der Waals surface area (Å²) in [5.74, 6) is -0.500. The van der Waals surface area contributed by atoms with E-state index in [9.17, 15) is 9.59 Å². The summed E-state index contributed by atoms with van der Waals surface area (Å²) in [6, 6.07) is 4.93. The molecule has 116 valence electrons. The van der Waals surface area contributed by atoms with Crippen molar-refractivity contribution in [3.05, 3.63) is 28.2 Å². The Hall–Kier alpha value is -1.44. The summed E-state index contributed by atoms with van der Waals surface area (Å²) in [4.78, 5) is 23.3. The molecule has 21 heavy (non-hydrogen) atoms. The van der Waals surface area contributed by atoms with Crippen molar-refractivity contribution >= 4 is 33.4 Å². The minimum atomic E-state index is -0.717. The highest BCUT2D eigenvalue weighted by molar-refractivity contribution is 9.10. The predicted octanol–water partition coefficient (Wildman–Crippen LogP) is 1.18. The molecule has 0 saturated carbocycles. The van der Waals surface area contributed by atoms with Crippen molar-refractivity contribution in [1.82, 2.24) is 5.32 Å². The quantitative estimate of drug-likeness (QED) is 0.682. The van der Waals surface area contributed by atoms with Crippen LogP contribution in [0.2, 0.25) is 0 Å². The first-order valence-corrected chi connectivity index (χ1v) is 7.31. The average Bonchev–Trinajstić information content (AvgIpc) is 2.43. The van der Waals surface area contributed by atoms with Crippen LogP contribution < -0.4 is 16.4 Å². The number of carbonyl (C=O) groups excluding carboxylic acids is 2. The second kappa shape index (κ2) is 8.76. The number of ether oxygens (including phenoxy) is 1. The highest BCUT2D eigenvalue weighted by atomic mass is 79.9. The van der Waals surface area contributed by atoms with Gasteiger partial charge in [-0.15, -0.1) is 0 Å². The maximum atomic E-state index is 11.8. The molecular weight excluding hydrogens is 338 g/mol. The fourth-order valence-electron chi connectivity index (χ4n) is 1.63. The molecule has 0 radical (unpaired) electrons. The second-order valence-corrected chi connectivity index (χ2v) is 5.53. The molecule has 0 aromatic heterocycles. The van der Waals surface area contributed by atoms with E-state index in [0.29, 0.717) is 0 Å². The Balaban J connectivity index is 2.38. The average molecular weight is 358 g/mol. The van der Waals surface area contributed by atoms with E-state index in [2.05, 4.69) is 26.6 Å². The third-order valence-corrected chi connectivity index (χ3v) is 3.30. The van der Waals surface area contributed by atoms with Crippen LogP contribution in [-0.4, -0.2) is 38.1 Å². The first-order valence-electron chi connectivity index (χ1n) is 6.52. The van der Waals surface area contributed by atoms with Gasteiger partial charge in [-0.2, -0.15) is 0 Å². The SMILES string of the molecule is COCC(N)C(=O)NCCC(=O)Nc1cc(Br)ccc1C. The van der Waals surface area contributed by atoms with Crippen LogP contribution in [0.5, 0.6) is 0 Å². The lowest BCUT2D eigenvalue weighted by Crippen LogP contribution is -2.44. The summed E-state index contributed by atoms with van der Waals surface area (Å²) in [6.45, 7) is 2.29. The molecule has 0 bridgehead atoms. The van der Waals surface area contributed by atoms with Crippen LogP contribution in [0.4, 0.5) is 5.69 Å². The topological polar surface area (TPSA) is 93.4 Å². The van der Waals surface area contributed by atoms with E-state index in [1.165, 1.54) is 7.11 Å². The van der Waals surface area contributed by atoms with Crippen LogP contribution in [0.3, 0.4) is 0 Å². The lowest BCUT2D eigenvalue weighted by Gasteiger charge is -2.12. The van der Waals surface area contributed by atoms with Gasteiger partial charge in [-0.25, -0.2) is 0 Å². The molecule has 0 saturated heterocycles. The fourth-order valence-corrected chi connectivity index (χ4v) is 1.99. The van der Waals surface area contributed by atoms with Crippen LogP contribution in [0.1, 0.15) is 12.0 Å². The third-order valence-electron chi connectivity index (χ3n) is 2.81. The summed E-state index contributed by atoms with van der Waals surface area (Å²) in [6.07, 6.45) is 0.178. The lowest BCUT2D eigenvalue weighted by molar-refractivity contribution is -0.123. The molecule has 1 rings (SSSR count). The van der Waals surface area contributed by atoms with Gasteiger partial charge in [-0.1, -0.05) is 22.0 Å². The molecule has 0 fully saturated rings. The van der Waals surface area contributed by atoms with Crippen molar-refractivity contribution in [2.75, 3.05) is 25.6 Å². The van der Waals surface area contributed by atoms with Crippen molar-refractivity contribution in [2.24, 2.45) is 5.73 Å². The Morgan fingerprint density at radius 2 is 2.14 bits per heavy atom. The molecule has 0 heterocycles. The molecule has 2 amide bonds. The third kappa shape index (κ3) is 6.24. The summed E-state index contributed by atoms with van der Waals surface area (Å²) in [5.41, 5.74) is 7.28. The molecule has 1 aromatic carbocycles. The summed E-state index contributed by atoms with van der Waals surface area (Å²) in [7, 11) is 1.47. The maximum absolute atomic E-state index is 11.8. The van der Waals surface area contributed by atoms with Crippen molar-refractivity contribution < 1.29 is 14.3 Å². The van der Waals surface area contributed by atoms with Crippen LogP contribution >= 0.6 is 15.9 Å². The van der Waals surface area contributed by atoms with Crippen LogP contribution in [-0.2, 0) is 14.3 Å². The number of aryl methyl sites for hydroxylation is 1. The molecule has 0 aliphatic rings. The fraction of sp³-hybridized carbons (Fsp3) is 0.429. The van der Waals surface area contributed by atoms with Crippen LogP contribution in [0, 0.1) is 6.92 Å². The number of nitrogens with two attached hydrogens (primary N) is 1. The van der Waals surface area contributed by atoms with Gasteiger partial charge in [0.2, 0.25) is 11.8 Å². The molecular formula is C14H20BrN3O3. The van der Waals surface area contributed by atoms with Gasteiger partial charge in [0, 0.05) is 30.2 Å². The molecule has 6 nitrogen and oxygen atoms in total. The highest BCUT2D eigenvalue weighted by Gasteiger charge is 2.13. The summed E-state index contributed by atoms with van der Waals surface area (Å²) < 4.78 is 5.68. The molecule has 1 atom stereocenters. The smallest absolute Gasteiger partial charge is 0.239 e. The molecule has 7 heteroatoms. The van der Waals surface area contributed by atoms with E-state index in [1.54, 1.807) is 0 Å². The van der Waals surface area contributed by atoms with Gasteiger partial charge in [-0.05, 0) is 24.6 Å². The standard InChI is InChI=1S/C14H20BrN3O3/c1-9-3-4-10(15)7-12(9)18-13(19)5-6-17-14(20)11(16)8-21-2/h3-4,7,11H,5-6,8,16H2,1-2H3,(H,17,20)(H,18,19). The molecule has 1 aromatic rings. The van der Waals surface area contributed by atoms with Gasteiger partial charge in [0.15, 0.2) is 0 Å². The van der Waals surface area contributed by atoms with E-state index < -0.39 is 6.04 Å². The number of carbonyl (C=O) groups is 2.